The van der Waals surface area contributed by atoms with Gasteiger partial charge < -0.3 is 5.21 Å². The first-order valence-corrected chi connectivity index (χ1v) is 2.01. The van der Waals surface area contributed by atoms with Gasteiger partial charge >= 0.3 is 0 Å². The van der Waals surface area contributed by atoms with Gasteiger partial charge in [0.25, 0.3) is 0 Å². The Bertz CT molecular complexity index is 87.7. The summed E-state index contributed by atoms with van der Waals surface area (Å²) in [7, 11) is 0. The topological polar surface area (TPSA) is 49.7 Å². The van der Waals surface area contributed by atoms with Crippen molar-refractivity contribution in [1.29, 1.82) is 0 Å². The van der Waals surface area contributed by atoms with Crippen molar-refractivity contribution in [2.45, 2.75) is 13.3 Å². The van der Waals surface area contributed by atoms with E-state index >= 15 is 0 Å². The van der Waals surface area contributed by atoms with Crippen LogP contribution < -0.4 is 0 Å². The molecule has 3 nitrogen and oxygen atoms in total. The highest BCUT2D eigenvalue weighted by Crippen LogP contribution is 1.76. The maximum atomic E-state index is 9.68. The van der Waals surface area contributed by atoms with E-state index in [-0.39, 0.29) is 5.71 Å². The molecular weight excluding hydrogens is 94.0 g/mol. The second-order valence-electron chi connectivity index (χ2n) is 1.06. The fourth-order valence-corrected chi connectivity index (χ4v) is 0.178. The van der Waals surface area contributed by atoms with E-state index in [0.29, 0.717) is 12.7 Å². The molecule has 40 valence electrons. The van der Waals surface area contributed by atoms with Gasteiger partial charge in [-0.2, -0.15) is 0 Å². The van der Waals surface area contributed by atoms with E-state index in [0.717, 1.165) is 0 Å². The molecule has 0 radical (unpaired) electrons. The van der Waals surface area contributed by atoms with Gasteiger partial charge in [0.05, 0.1) is 0 Å². The molecule has 0 bridgehead atoms. The molecule has 0 aliphatic heterocycles. The number of aldehydes is 1. The minimum absolute atomic E-state index is 0.181. The standard InChI is InChI=1S/C4H7NO2/c1-2-4(3-6)5-7/h3,7H,2H2,1H3. The van der Waals surface area contributed by atoms with Gasteiger partial charge in [-0.15, -0.1) is 0 Å². The molecule has 0 saturated heterocycles. The summed E-state index contributed by atoms with van der Waals surface area (Å²) in [4.78, 5) is 9.68. The summed E-state index contributed by atoms with van der Waals surface area (Å²) in [5.74, 6) is 0. The van der Waals surface area contributed by atoms with Crippen LogP contribution in [0.3, 0.4) is 0 Å². The van der Waals surface area contributed by atoms with Crippen molar-refractivity contribution >= 4 is 12.0 Å². The molecule has 0 aromatic rings. The maximum Gasteiger partial charge on any atom is 0.167 e. The van der Waals surface area contributed by atoms with Crippen molar-refractivity contribution in [2.24, 2.45) is 5.16 Å². The molecule has 0 amide bonds. The van der Waals surface area contributed by atoms with E-state index in [2.05, 4.69) is 5.16 Å². The highest BCUT2D eigenvalue weighted by molar-refractivity contribution is 6.27. The third-order valence-electron chi connectivity index (χ3n) is 0.627. The number of oxime groups is 1. The van der Waals surface area contributed by atoms with Crippen LogP contribution in [-0.4, -0.2) is 17.2 Å². The third-order valence-corrected chi connectivity index (χ3v) is 0.627. The highest BCUT2D eigenvalue weighted by atomic mass is 16.4. The monoisotopic (exact) mass is 101 g/mol. The predicted octanol–water partition coefficient (Wildman–Crippen LogP) is 0.426. The first-order valence-electron chi connectivity index (χ1n) is 2.01. The summed E-state index contributed by atoms with van der Waals surface area (Å²) in [6.07, 6.45) is 1.01. The SMILES string of the molecule is CCC(C=O)=NO. The van der Waals surface area contributed by atoms with Crippen LogP contribution >= 0.6 is 0 Å². The van der Waals surface area contributed by atoms with Gasteiger partial charge in [0.1, 0.15) is 5.71 Å². The Morgan fingerprint density at radius 2 is 2.57 bits per heavy atom. The number of rotatable bonds is 2. The molecule has 0 saturated carbocycles. The second-order valence-corrected chi connectivity index (χ2v) is 1.06. The number of carbonyl (C=O) groups excluding carboxylic acids is 1. The number of hydrogen-bond donors (Lipinski definition) is 1. The molecule has 0 spiro atoms. The van der Waals surface area contributed by atoms with Gasteiger partial charge in [-0.3, -0.25) is 4.79 Å². The molecule has 0 heterocycles. The molecule has 3 heteroatoms. The highest BCUT2D eigenvalue weighted by Gasteiger charge is 1.87. The molecule has 0 unspecified atom stereocenters. The molecule has 0 fully saturated rings. The lowest BCUT2D eigenvalue weighted by Gasteiger charge is -1.80. The zero-order valence-electron chi connectivity index (χ0n) is 4.09. The fourth-order valence-electron chi connectivity index (χ4n) is 0.178. The van der Waals surface area contributed by atoms with Crippen molar-refractivity contribution in [1.82, 2.24) is 0 Å². The molecule has 7 heavy (non-hydrogen) atoms. The van der Waals surface area contributed by atoms with Crippen LogP contribution in [0, 0.1) is 0 Å². The minimum Gasteiger partial charge on any atom is -0.411 e. The van der Waals surface area contributed by atoms with E-state index in [4.69, 9.17) is 5.21 Å². The molecule has 1 N–H and O–H groups in total. The summed E-state index contributed by atoms with van der Waals surface area (Å²) in [6, 6.07) is 0. The van der Waals surface area contributed by atoms with E-state index < -0.39 is 0 Å². The van der Waals surface area contributed by atoms with Crippen molar-refractivity contribution in [2.75, 3.05) is 0 Å². The molecule has 0 aromatic carbocycles. The van der Waals surface area contributed by atoms with Gasteiger partial charge in [0, 0.05) is 0 Å². The van der Waals surface area contributed by atoms with Gasteiger partial charge in [-0.05, 0) is 6.42 Å². The lowest BCUT2D eigenvalue weighted by molar-refractivity contribution is -0.102. The Hall–Kier alpha value is -0.860. The Balaban J connectivity index is 3.60. The van der Waals surface area contributed by atoms with E-state index in [9.17, 15) is 4.79 Å². The number of hydrogen-bond acceptors (Lipinski definition) is 3. The Labute approximate surface area is 41.6 Å². The van der Waals surface area contributed by atoms with Gasteiger partial charge in [-0.1, -0.05) is 12.1 Å². The van der Waals surface area contributed by atoms with Crippen LogP contribution in [0.2, 0.25) is 0 Å². The van der Waals surface area contributed by atoms with Crippen LogP contribution in [-0.2, 0) is 4.79 Å². The normalized spacial score (nSPS) is 11.3. The summed E-state index contributed by atoms with van der Waals surface area (Å²) in [5.41, 5.74) is 0.181. The largest absolute Gasteiger partial charge is 0.411 e. The average molecular weight is 101 g/mol. The van der Waals surface area contributed by atoms with Crippen LogP contribution in [0.1, 0.15) is 13.3 Å². The van der Waals surface area contributed by atoms with Crippen LogP contribution in [0.15, 0.2) is 5.16 Å². The van der Waals surface area contributed by atoms with E-state index in [1.165, 1.54) is 0 Å². The summed E-state index contributed by atoms with van der Waals surface area (Å²) in [6.45, 7) is 1.74. The first-order chi connectivity index (χ1) is 3.35. The van der Waals surface area contributed by atoms with Crippen molar-refractivity contribution in [3.05, 3.63) is 0 Å². The van der Waals surface area contributed by atoms with Gasteiger partial charge in [0.15, 0.2) is 6.29 Å². The summed E-state index contributed by atoms with van der Waals surface area (Å²) < 4.78 is 0. The maximum absolute atomic E-state index is 9.68. The lowest BCUT2D eigenvalue weighted by atomic mass is 10.3. The number of nitrogens with zero attached hydrogens (tertiary/aromatic N) is 1. The molecule has 0 aliphatic rings. The molecule has 0 atom stereocenters. The second kappa shape index (κ2) is 3.33. The smallest absolute Gasteiger partial charge is 0.167 e. The van der Waals surface area contributed by atoms with Crippen molar-refractivity contribution in [3.63, 3.8) is 0 Å². The van der Waals surface area contributed by atoms with Gasteiger partial charge in [0.2, 0.25) is 0 Å². The Kier molecular flexibility index (Phi) is 2.92. The Morgan fingerprint density at radius 1 is 2.00 bits per heavy atom. The van der Waals surface area contributed by atoms with Crippen molar-refractivity contribution < 1.29 is 10.0 Å². The van der Waals surface area contributed by atoms with E-state index in [1.54, 1.807) is 6.92 Å². The number of carbonyl (C=O) groups is 1. The summed E-state index contributed by atoms with van der Waals surface area (Å²) in [5, 5.41) is 10.6. The van der Waals surface area contributed by atoms with Crippen molar-refractivity contribution in [3.8, 4) is 0 Å². The van der Waals surface area contributed by atoms with Crippen LogP contribution in [0.5, 0.6) is 0 Å². The Morgan fingerprint density at radius 3 is 2.57 bits per heavy atom. The first kappa shape index (κ1) is 6.14. The van der Waals surface area contributed by atoms with Crippen LogP contribution in [0.4, 0.5) is 0 Å². The average Bonchev–Trinajstić information content (AvgIpc) is 1.72. The zero-order valence-corrected chi connectivity index (χ0v) is 4.09. The molecular formula is C4H7NO2. The van der Waals surface area contributed by atoms with Crippen LogP contribution in [0.25, 0.3) is 0 Å². The molecule has 0 aromatic heterocycles. The fraction of sp³-hybridized carbons (Fsp3) is 0.500. The lowest BCUT2D eigenvalue weighted by Crippen LogP contribution is -1.95. The zero-order chi connectivity index (χ0) is 5.70. The summed E-state index contributed by atoms with van der Waals surface area (Å²) >= 11 is 0. The van der Waals surface area contributed by atoms with Gasteiger partial charge in [-0.25, -0.2) is 0 Å². The molecule has 0 rings (SSSR count). The minimum atomic E-state index is 0.181. The van der Waals surface area contributed by atoms with E-state index in [1.807, 2.05) is 0 Å². The third kappa shape index (κ3) is 1.92. The predicted molar refractivity (Wildman–Crippen MR) is 25.6 cm³/mol. The quantitative estimate of drug-likeness (QED) is 0.237. The molecule has 0 aliphatic carbocycles.